The molecular weight excluding hydrogens is 334 g/mol. The van der Waals surface area contributed by atoms with Gasteiger partial charge >= 0.3 is 6.03 Å². The van der Waals surface area contributed by atoms with Gasteiger partial charge < -0.3 is 19.3 Å². The van der Waals surface area contributed by atoms with Gasteiger partial charge in [-0.25, -0.2) is 4.79 Å². The lowest BCUT2D eigenvalue weighted by atomic mass is 10.1. The van der Waals surface area contributed by atoms with E-state index in [9.17, 15) is 9.59 Å². The van der Waals surface area contributed by atoms with Gasteiger partial charge in [0.2, 0.25) is 0 Å². The Balaban J connectivity index is 1.53. The third-order valence-corrected chi connectivity index (χ3v) is 4.91. The van der Waals surface area contributed by atoms with Crippen molar-refractivity contribution in [3.63, 3.8) is 0 Å². The molecule has 2 aliphatic heterocycles. The Morgan fingerprint density at radius 1 is 1.00 bits per heavy atom. The molecule has 0 aliphatic carbocycles. The van der Waals surface area contributed by atoms with Crippen LogP contribution >= 0.6 is 0 Å². The van der Waals surface area contributed by atoms with Crippen LogP contribution < -0.4 is 9.47 Å². The maximum atomic E-state index is 12.6. The van der Waals surface area contributed by atoms with Gasteiger partial charge in [-0.3, -0.25) is 9.69 Å². The number of fused-ring (bicyclic) bond motifs is 1. The molecule has 1 fully saturated rings. The molecule has 142 valence electrons. The summed E-state index contributed by atoms with van der Waals surface area (Å²) in [5, 5.41) is 0. The van der Waals surface area contributed by atoms with E-state index >= 15 is 0 Å². The van der Waals surface area contributed by atoms with Crippen molar-refractivity contribution in [1.29, 1.82) is 0 Å². The van der Waals surface area contributed by atoms with Crippen molar-refractivity contribution < 1.29 is 19.1 Å². The van der Waals surface area contributed by atoms with Crippen molar-refractivity contribution in [1.82, 2.24) is 14.7 Å². The molecule has 0 saturated carbocycles. The van der Waals surface area contributed by atoms with E-state index in [4.69, 9.17) is 9.47 Å². The van der Waals surface area contributed by atoms with Crippen LogP contribution in [0.1, 0.15) is 24.2 Å². The molecule has 0 N–H and O–H groups in total. The minimum atomic E-state index is 0.0606. The minimum absolute atomic E-state index is 0.0606. The zero-order valence-electron chi connectivity index (χ0n) is 15.6. The molecule has 26 heavy (non-hydrogen) atoms. The van der Waals surface area contributed by atoms with E-state index in [1.807, 2.05) is 23.6 Å². The van der Waals surface area contributed by atoms with Crippen molar-refractivity contribution >= 4 is 11.8 Å². The van der Waals surface area contributed by atoms with Crippen LogP contribution in [-0.2, 0) is 0 Å². The van der Waals surface area contributed by atoms with Crippen molar-refractivity contribution in [2.24, 2.45) is 0 Å². The van der Waals surface area contributed by atoms with E-state index < -0.39 is 0 Å². The summed E-state index contributed by atoms with van der Waals surface area (Å²) in [5.41, 5.74) is 0.635. The molecule has 1 saturated heterocycles. The lowest BCUT2D eigenvalue weighted by molar-refractivity contribution is 0.0852. The Labute approximate surface area is 154 Å². The highest BCUT2D eigenvalue weighted by molar-refractivity contribution is 5.98. The quantitative estimate of drug-likeness (QED) is 0.748. The number of ether oxygens (including phenoxy) is 2. The van der Waals surface area contributed by atoms with Crippen LogP contribution in [0.5, 0.6) is 11.5 Å². The summed E-state index contributed by atoms with van der Waals surface area (Å²) in [5.74, 6) is 1.39. The van der Waals surface area contributed by atoms with Crippen molar-refractivity contribution in [2.45, 2.75) is 13.8 Å². The normalized spacial score (nSPS) is 17.1. The van der Waals surface area contributed by atoms with Crippen LogP contribution in [0.25, 0.3) is 0 Å². The lowest BCUT2D eigenvalue weighted by Gasteiger charge is -2.36. The number of rotatable bonds is 5. The molecule has 2 heterocycles. The smallest absolute Gasteiger partial charge is 0.320 e. The van der Waals surface area contributed by atoms with E-state index in [0.717, 1.165) is 13.1 Å². The van der Waals surface area contributed by atoms with Gasteiger partial charge in [-0.2, -0.15) is 0 Å². The highest BCUT2D eigenvalue weighted by Gasteiger charge is 2.25. The van der Waals surface area contributed by atoms with E-state index in [0.29, 0.717) is 63.0 Å². The average Bonchev–Trinajstić information content (AvgIpc) is 2.69. The summed E-state index contributed by atoms with van der Waals surface area (Å²) in [6.45, 7) is 9.56. The number of ketones is 1. The summed E-state index contributed by atoms with van der Waals surface area (Å²) in [6, 6.07) is 5.43. The first-order valence-electron chi connectivity index (χ1n) is 9.31. The maximum absolute atomic E-state index is 12.6. The van der Waals surface area contributed by atoms with Crippen LogP contribution in [0.15, 0.2) is 18.2 Å². The SMILES string of the molecule is CCN(CC)C(=O)N1CCN(CC(=O)c2ccc3c(c2)OCCO3)CC1. The fourth-order valence-corrected chi connectivity index (χ4v) is 3.30. The molecule has 1 aromatic rings. The van der Waals surface area contributed by atoms with Crippen molar-refractivity contribution in [2.75, 3.05) is 59.0 Å². The lowest BCUT2D eigenvalue weighted by Crippen LogP contribution is -2.53. The summed E-state index contributed by atoms with van der Waals surface area (Å²) in [7, 11) is 0. The number of carbonyl (C=O) groups is 2. The molecule has 1 aromatic carbocycles. The third-order valence-electron chi connectivity index (χ3n) is 4.91. The zero-order valence-corrected chi connectivity index (χ0v) is 15.6. The average molecular weight is 361 g/mol. The molecule has 0 atom stereocenters. The van der Waals surface area contributed by atoms with Gasteiger partial charge in [-0.15, -0.1) is 0 Å². The van der Waals surface area contributed by atoms with Gasteiger partial charge in [-0.05, 0) is 32.0 Å². The number of carbonyl (C=O) groups excluding carboxylic acids is 2. The second kappa shape index (κ2) is 8.40. The Bertz CT molecular complexity index is 652. The number of nitrogens with zero attached hydrogens (tertiary/aromatic N) is 3. The molecule has 0 bridgehead atoms. The van der Waals surface area contributed by atoms with Crippen molar-refractivity contribution in [3.05, 3.63) is 23.8 Å². The first-order valence-corrected chi connectivity index (χ1v) is 9.31. The third kappa shape index (κ3) is 4.09. The monoisotopic (exact) mass is 361 g/mol. The van der Waals surface area contributed by atoms with Crippen molar-refractivity contribution in [3.8, 4) is 11.5 Å². The molecule has 0 spiro atoms. The van der Waals surface area contributed by atoms with Gasteiger partial charge in [0.05, 0.1) is 6.54 Å². The summed E-state index contributed by atoms with van der Waals surface area (Å²) >= 11 is 0. The number of hydrogen-bond acceptors (Lipinski definition) is 5. The molecule has 0 unspecified atom stereocenters. The van der Waals surface area contributed by atoms with Crippen LogP contribution in [-0.4, -0.2) is 85.5 Å². The summed E-state index contributed by atoms with van der Waals surface area (Å²) < 4.78 is 11.0. The van der Waals surface area contributed by atoms with Gasteiger partial charge in [0.1, 0.15) is 13.2 Å². The van der Waals surface area contributed by atoms with Gasteiger partial charge in [0.15, 0.2) is 17.3 Å². The largest absolute Gasteiger partial charge is 0.486 e. The highest BCUT2D eigenvalue weighted by Crippen LogP contribution is 2.30. The summed E-state index contributed by atoms with van der Waals surface area (Å²) in [6.07, 6.45) is 0. The Morgan fingerprint density at radius 2 is 1.65 bits per heavy atom. The molecule has 2 aliphatic rings. The number of hydrogen-bond donors (Lipinski definition) is 0. The molecular formula is C19H27N3O4. The molecule has 0 aromatic heterocycles. The Morgan fingerprint density at radius 3 is 2.31 bits per heavy atom. The maximum Gasteiger partial charge on any atom is 0.320 e. The number of piperazine rings is 1. The topological polar surface area (TPSA) is 62.3 Å². The molecule has 2 amide bonds. The first kappa shape index (κ1) is 18.5. The fraction of sp³-hybridized carbons (Fsp3) is 0.579. The van der Waals surface area contributed by atoms with E-state index in [1.54, 1.807) is 18.2 Å². The van der Waals surface area contributed by atoms with E-state index in [-0.39, 0.29) is 11.8 Å². The van der Waals surface area contributed by atoms with Gasteiger partial charge in [0, 0.05) is 44.8 Å². The zero-order chi connectivity index (χ0) is 18.5. The Kier molecular flexibility index (Phi) is 5.98. The van der Waals surface area contributed by atoms with E-state index in [1.165, 1.54) is 0 Å². The predicted octanol–water partition coefficient (Wildman–Crippen LogP) is 1.72. The van der Waals surface area contributed by atoms with Crippen LogP contribution in [0.2, 0.25) is 0 Å². The van der Waals surface area contributed by atoms with Crippen LogP contribution in [0.4, 0.5) is 4.79 Å². The van der Waals surface area contributed by atoms with Gasteiger partial charge in [-0.1, -0.05) is 0 Å². The highest BCUT2D eigenvalue weighted by atomic mass is 16.6. The second-order valence-electron chi connectivity index (χ2n) is 6.50. The number of Topliss-reactive ketones (excluding diaryl/α,β-unsaturated/α-hetero) is 1. The van der Waals surface area contributed by atoms with E-state index in [2.05, 4.69) is 4.90 Å². The number of amides is 2. The molecule has 0 radical (unpaired) electrons. The predicted molar refractivity (Wildman–Crippen MR) is 98.1 cm³/mol. The molecule has 3 rings (SSSR count). The summed E-state index contributed by atoms with van der Waals surface area (Å²) in [4.78, 5) is 30.8. The second-order valence-corrected chi connectivity index (χ2v) is 6.50. The number of benzene rings is 1. The number of urea groups is 1. The fourth-order valence-electron chi connectivity index (χ4n) is 3.30. The van der Waals surface area contributed by atoms with Crippen LogP contribution in [0, 0.1) is 0 Å². The molecule has 7 heteroatoms. The minimum Gasteiger partial charge on any atom is -0.486 e. The molecule has 7 nitrogen and oxygen atoms in total. The van der Waals surface area contributed by atoms with Crippen LogP contribution in [0.3, 0.4) is 0 Å². The Hall–Kier alpha value is -2.28. The first-order chi connectivity index (χ1) is 12.6. The standard InChI is InChI=1S/C19H27N3O4/c1-3-21(4-2)19(24)22-9-7-20(8-10-22)14-16(23)15-5-6-17-18(13-15)26-12-11-25-17/h5-6,13H,3-4,7-12,14H2,1-2H3. The van der Waals surface area contributed by atoms with Gasteiger partial charge in [0.25, 0.3) is 0 Å².